The number of aryl methyl sites for hydroxylation is 2. The van der Waals surface area contributed by atoms with E-state index in [0.29, 0.717) is 12.4 Å². The average molecular weight is 246 g/mol. The van der Waals surface area contributed by atoms with Gasteiger partial charge in [-0.15, -0.1) is 0 Å². The molecule has 0 aliphatic rings. The predicted octanol–water partition coefficient (Wildman–Crippen LogP) is 1.43. The van der Waals surface area contributed by atoms with Gasteiger partial charge in [0.05, 0.1) is 12.2 Å². The fourth-order valence-corrected chi connectivity index (χ4v) is 1.61. The molecule has 2 heterocycles. The minimum Gasteiger partial charge on any atom is -0.478 e. The molecule has 0 amide bonds. The van der Waals surface area contributed by atoms with Crippen molar-refractivity contribution in [2.24, 2.45) is 7.05 Å². The lowest BCUT2D eigenvalue weighted by atomic mass is 10.2. The van der Waals surface area contributed by atoms with Crippen molar-refractivity contribution in [3.63, 3.8) is 0 Å². The summed E-state index contributed by atoms with van der Waals surface area (Å²) in [5.74, 6) is -0.612. The molecule has 2 rings (SSSR count). The Kier molecular flexibility index (Phi) is 3.27. The number of hydrogen-bond donors (Lipinski definition) is 2. The third-order valence-corrected chi connectivity index (χ3v) is 2.62. The minimum absolute atomic E-state index is 0.169. The first-order chi connectivity index (χ1) is 8.58. The molecule has 6 nitrogen and oxygen atoms in total. The van der Waals surface area contributed by atoms with Crippen LogP contribution in [0.1, 0.15) is 21.7 Å². The van der Waals surface area contributed by atoms with E-state index in [-0.39, 0.29) is 5.56 Å². The number of rotatable bonds is 4. The van der Waals surface area contributed by atoms with Crippen LogP contribution < -0.4 is 5.32 Å². The molecule has 0 aliphatic carbocycles. The maximum absolute atomic E-state index is 11.1. The molecule has 6 heteroatoms. The number of carboxylic acids is 1. The first-order valence-corrected chi connectivity index (χ1v) is 5.49. The van der Waals surface area contributed by atoms with Crippen LogP contribution in [0.15, 0.2) is 24.4 Å². The molecular formula is C12H14N4O2. The van der Waals surface area contributed by atoms with Gasteiger partial charge in [0, 0.05) is 18.9 Å². The first-order valence-electron chi connectivity index (χ1n) is 5.49. The van der Waals surface area contributed by atoms with Crippen molar-refractivity contribution in [3.8, 4) is 0 Å². The lowest BCUT2D eigenvalue weighted by Gasteiger charge is -2.09. The lowest BCUT2D eigenvalue weighted by molar-refractivity contribution is 0.0697. The van der Waals surface area contributed by atoms with E-state index in [1.165, 1.54) is 0 Å². The molecule has 2 aromatic heterocycles. The number of aromatic nitrogens is 3. The number of hydrogen-bond acceptors (Lipinski definition) is 4. The Morgan fingerprint density at radius 2 is 2.22 bits per heavy atom. The van der Waals surface area contributed by atoms with Gasteiger partial charge in [-0.25, -0.2) is 9.78 Å². The van der Waals surface area contributed by atoms with Gasteiger partial charge in [0.2, 0.25) is 0 Å². The summed E-state index contributed by atoms with van der Waals surface area (Å²) in [5, 5.41) is 16.1. The van der Waals surface area contributed by atoms with Crippen molar-refractivity contribution in [1.29, 1.82) is 0 Å². The molecule has 2 N–H and O–H groups in total. The lowest BCUT2D eigenvalue weighted by Crippen LogP contribution is -2.11. The summed E-state index contributed by atoms with van der Waals surface area (Å²) in [4.78, 5) is 15.3. The highest BCUT2D eigenvalue weighted by Gasteiger charge is 2.11. The Labute approximate surface area is 104 Å². The van der Waals surface area contributed by atoms with E-state index >= 15 is 0 Å². The summed E-state index contributed by atoms with van der Waals surface area (Å²) >= 11 is 0. The van der Waals surface area contributed by atoms with Gasteiger partial charge in [-0.05, 0) is 25.1 Å². The van der Waals surface area contributed by atoms with Crippen LogP contribution in [-0.4, -0.2) is 25.8 Å². The molecule has 0 aliphatic heterocycles. The summed E-state index contributed by atoms with van der Waals surface area (Å²) in [6, 6.07) is 5.10. The number of carbonyl (C=O) groups is 1. The first kappa shape index (κ1) is 12.1. The van der Waals surface area contributed by atoms with Crippen molar-refractivity contribution in [2.45, 2.75) is 13.5 Å². The van der Waals surface area contributed by atoms with Crippen LogP contribution in [0.25, 0.3) is 0 Å². The molecule has 0 saturated heterocycles. The Balaban J connectivity index is 2.20. The van der Waals surface area contributed by atoms with Gasteiger partial charge < -0.3 is 10.4 Å². The van der Waals surface area contributed by atoms with Gasteiger partial charge in [0.15, 0.2) is 0 Å². The topological polar surface area (TPSA) is 80.0 Å². The minimum atomic E-state index is -0.991. The molecule has 2 aromatic rings. The van der Waals surface area contributed by atoms with Crippen LogP contribution in [0.5, 0.6) is 0 Å². The summed E-state index contributed by atoms with van der Waals surface area (Å²) in [5.41, 5.74) is 1.89. The van der Waals surface area contributed by atoms with E-state index in [1.54, 1.807) is 23.0 Å². The van der Waals surface area contributed by atoms with Crippen molar-refractivity contribution in [3.05, 3.63) is 41.3 Å². The number of carboxylic acid groups (broad SMARTS) is 1. The Morgan fingerprint density at radius 3 is 2.83 bits per heavy atom. The number of nitrogens with one attached hydrogen (secondary N) is 1. The van der Waals surface area contributed by atoms with E-state index in [2.05, 4.69) is 15.4 Å². The number of aromatic carboxylic acids is 1. The SMILES string of the molecule is Cc1ccc(C(=O)O)c(NCc2ccnn2C)n1. The van der Waals surface area contributed by atoms with Crippen LogP contribution >= 0.6 is 0 Å². The highest BCUT2D eigenvalue weighted by molar-refractivity contribution is 5.93. The predicted molar refractivity (Wildman–Crippen MR) is 66.5 cm³/mol. The summed E-state index contributed by atoms with van der Waals surface area (Å²) < 4.78 is 1.73. The Hall–Kier alpha value is -2.37. The van der Waals surface area contributed by atoms with Gasteiger partial charge in [-0.2, -0.15) is 5.10 Å². The molecule has 0 spiro atoms. The molecular weight excluding hydrogens is 232 g/mol. The third-order valence-electron chi connectivity index (χ3n) is 2.62. The highest BCUT2D eigenvalue weighted by Crippen LogP contribution is 2.14. The van der Waals surface area contributed by atoms with Crippen LogP contribution in [0.4, 0.5) is 5.82 Å². The second-order valence-electron chi connectivity index (χ2n) is 3.95. The molecule has 0 radical (unpaired) electrons. The van der Waals surface area contributed by atoms with Crippen LogP contribution in [0.3, 0.4) is 0 Å². The molecule has 0 atom stereocenters. The van der Waals surface area contributed by atoms with Crippen molar-refractivity contribution in [1.82, 2.24) is 14.8 Å². The number of anilines is 1. The molecule has 0 fully saturated rings. The van der Waals surface area contributed by atoms with Crippen LogP contribution in [0, 0.1) is 6.92 Å². The smallest absolute Gasteiger partial charge is 0.339 e. The van der Waals surface area contributed by atoms with Gasteiger partial charge >= 0.3 is 5.97 Å². The van der Waals surface area contributed by atoms with Gasteiger partial charge in [0.1, 0.15) is 11.4 Å². The van der Waals surface area contributed by atoms with Gasteiger partial charge in [-0.1, -0.05) is 0 Å². The van der Waals surface area contributed by atoms with Gasteiger partial charge in [-0.3, -0.25) is 4.68 Å². The quantitative estimate of drug-likeness (QED) is 0.853. The largest absolute Gasteiger partial charge is 0.478 e. The van der Waals surface area contributed by atoms with Crippen molar-refractivity contribution >= 4 is 11.8 Å². The third kappa shape index (κ3) is 2.48. The number of pyridine rings is 1. The van der Waals surface area contributed by atoms with Crippen LogP contribution in [-0.2, 0) is 13.6 Å². The fraction of sp³-hybridized carbons (Fsp3) is 0.250. The van der Waals surface area contributed by atoms with E-state index in [9.17, 15) is 4.79 Å². The zero-order valence-corrected chi connectivity index (χ0v) is 10.2. The maximum Gasteiger partial charge on any atom is 0.339 e. The van der Waals surface area contributed by atoms with Crippen molar-refractivity contribution in [2.75, 3.05) is 5.32 Å². The molecule has 94 valence electrons. The normalized spacial score (nSPS) is 10.3. The van der Waals surface area contributed by atoms with Crippen LogP contribution in [0.2, 0.25) is 0 Å². The second kappa shape index (κ2) is 4.87. The van der Waals surface area contributed by atoms with E-state index in [1.807, 2.05) is 20.0 Å². The summed E-state index contributed by atoms with van der Waals surface area (Å²) in [6.45, 7) is 2.30. The fourth-order valence-electron chi connectivity index (χ4n) is 1.61. The standard InChI is InChI=1S/C12H14N4O2/c1-8-3-4-10(12(17)18)11(15-8)13-7-9-5-6-14-16(9)2/h3-6H,7H2,1-2H3,(H,13,15)(H,17,18). The van der Waals surface area contributed by atoms with E-state index < -0.39 is 5.97 Å². The van der Waals surface area contributed by atoms with Gasteiger partial charge in [0.25, 0.3) is 0 Å². The van der Waals surface area contributed by atoms with Crippen molar-refractivity contribution < 1.29 is 9.90 Å². The maximum atomic E-state index is 11.1. The summed E-state index contributed by atoms with van der Waals surface area (Å²) in [7, 11) is 1.83. The molecule has 0 saturated carbocycles. The molecule has 0 unspecified atom stereocenters. The monoisotopic (exact) mass is 246 g/mol. The van der Waals surface area contributed by atoms with E-state index in [4.69, 9.17) is 5.11 Å². The second-order valence-corrected chi connectivity index (χ2v) is 3.95. The molecule has 0 bridgehead atoms. The average Bonchev–Trinajstić information content (AvgIpc) is 2.72. The zero-order chi connectivity index (χ0) is 13.1. The Bertz CT molecular complexity index is 577. The highest BCUT2D eigenvalue weighted by atomic mass is 16.4. The number of nitrogens with zero attached hydrogens (tertiary/aromatic N) is 3. The zero-order valence-electron chi connectivity index (χ0n) is 10.2. The molecule has 18 heavy (non-hydrogen) atoms. The van der Waals surface area contributed by atoms with E-state index in [0.717, 1.165) is 11.4 Å². The Morgan fingerprint density at radius 1 is 1.44 bits per heavy atom. The molecule has 0 aromatic carbocycles. The summed E-state index contributed by atoms with van der Waals surface area (Å²) in [6.07, 6.45) is 1.69.